The molecule has 0 aromatic heterocycles. The average molecular weight is 267 g/mol. The normalized spacial score (nSPS) is 48.6. The van der Waals surface area contributed by atoms with Gasteiger partial charge < -0.3 is 14.8 Å². The Bertz CT molecular complexity index is 344. The molecule has 1 saturated heterocycles. The summed E-state index contributed by atoms with van der Waals surface area (Å²) in [6.45, 7) is 8.95. The molecule has 1 N–H and O–H groups in total. The highest BCUT2D eigenvalue weighted by molar-refractivity contribution is 5.11. The van der Waals surface area contributed by atoms with Gasteiger partial charge in [0.2, 0.25) is 0 Å². The molecule has 1 heterocycles. The molecule has 0 spiro atoms. The van der Waals surface area contributed by atoms with Gasteiger partial charge in [0.15, 0.2) is 0 Å². The summed E-state index contributed by atoms with van der Waals surface area (Å²) in [6, 6.07) is 0.458. The van der Waals surface area contributed by atoms with Gasteiger partial charge in [-0.15, -0.1) is 0 Å². The van der Waals surface area contributed by atoms with Crippen molar-refractivity contribution in [3.8, 4) is 0 Å². The Labute approximate surface area is 117 Å². The van der Waals surface area contributed by atoms with E-state index in [1.165, 1.54) is 19.3 Å². The third kappa shape index (κ3) is 1.97. The summed E-state index contributed by atoms with van der Waals surface area (Å²) in [7, 11) is 2.04. The molecule has 19 heavy (non-hydrogen) atoms. The first-order valence-corrected chi connectivity index (χ1v) is 7.89. The zero-order chi connectivity index (χ0) is 13.7. The van der Waals surface area contributed by atoms with E-state index in [-0.39, 0.29) is 6.10 Å². The van der Waals surface area contributed by atoms with Crippen molar-refractivity contribution in [2.24, 2.45) is 16.7 Å². The van der Waals surface area contributed by atoms with Crippen LogP contribution in [-0.2, 0) is 9.47 Å². The Morgan fingerprint density at radius 2 is 2.00 bits per heavy atom. The second kappa shape index (κ2) is 4.71. The molecular weight excluding hydrogens is 238 g/mol. The molecule has 0 aromatic carbocycles. The molecular formula is C16H29NO2. The van der Waals surface area contributed by atoms with E-state index in [2.05, 4.69) is 26.1 Å². The summed E-state index contributed by atoms with van der Waals surface area (Å²) in [4.78, 5) is 0. The van der Waals surface area contributed by atoms with Crippen molar-refractivity contribution in [2.75, 3.05) is 20.3 Å². The summed E-state index contributed by atoms with van der Waals surface area (Å²) in [5.74, 6) is 0.847. The van der Waals surface area contributed by atoms with Crippen LogP contribution in [0.4, 0.5) is 0 Å². The van der Waals surface area contributed by atoms with Gasteiger partial charge in [0.1, 0.15) is 0 Å². The van der Waals surface area contributed by atoms with Crippen LogP contribution in [0.2, 0.25) is 0 Å². The lowest BCUT2D eigenvalue weighted by Gasteiger charge is -2.42. The topological polar surface area (TPSA) is 30.5 Å². The fourth-order valence-corrected chi connectivity index (χ4v) is 4.72. The quantitative estimate of drug-likeness (QED) is 0.852. The standard InChI is InChI=1S/C16H29NO2/c1-15(2)11-5-7-16(15,3)14(9-11)19-13-10-18-8-6-12(13)17-4/h11-14,17H,5-10H2,1-4H3. The van der Waals surface area contributed by atoms with Crippen LogP contribution in [0.5, 0.6) is 0 Å². The zero-order valence-corrected chi connectivity index (χ0v) is 12.9. The van der Waals surface area contributed by atoms with E-state index in [0.717, 1.165) is 25.6 Å². The minimum absolute atomic E-state index is 0.232. The first-order chi connectivity index (χ1) is 8.99. The van der Waals surface area contributed by atoms with E-state index >= 15 is 0 Å². The lowest BCUT2D eigenvalue weighted by atomic mass is 9.70. The monoisotopic (exact) mass is 267 g/mol. The lowest BCUT2D eigenvalue weighted by Crippen LogP contribution is -2.50. The van der Waals surface area contributed by atoms with E-state index in [4.69, 9.17) is 9.47 Å². The molecule has 3 nitrogen and oxygen atoms in total. The van der Waals surface area contributed by atoms with Crippen molar-refractivity contribution in [2.45, 2.75) is 64.7 Å². The third-order valence-corrected chi connectivity index (χ3v) is 6.73. The van der Waals surface area contributed by atoms with E-state index < -0.39 is 0 Å². The minimum Gasteiger partial charge on any atom is -0.379 e. The summed E-state index contributed by atoms with van der Waals surface area (Å²) < 4.78 is 12.2. The number of ether oxygens (including phenoxy) is 2. The zero-order valence-electron chi connectivity index (χ0n) is 12.9. The molecule has 3 fully saturated rings. The first kappa shape index (κ1) is 13.8. The predicted molar refractivity (Wildman–Crippen MR) is 76.2 cm³/mol. The number of hydrogen-bond acceptors (Lipinski definition) is 3. The first-order valence-electron chi connectivity index (χ1n) is 7.89. The van der Waals surface area contributed by atoms with Gasteiger partial charge in [-0.2, -0.15) is 0 Å². The third-order valence-electron chi connectivity index (χ3n) is 6.73. The Morgan fingerprint density at radius 3 is 2.58 bits per heavy atom. The van der Waals surface area contributed by atoms with Gasteiger partial charge in [0, 0.05) is 12.6 Å². The van der Waals surface area contributed by atoms with Gasteiger partial charge in [0.05, 0.1) is 18.8 Å². The summed E-state index contributed by atoms with van der Waals surface area (Å²) in [6.07, 6.45) is 5.68. The number of likely N-dealkylation sites (N-methyl/N-ethyl adjacent to an activating group) is 1. The molecule has 3 aliphatic rings. The number of fused-ring (bicyclic) bond motifs is 2. The van der Waals surface area contributed by atoms with E-state index in [1.54, 1.807) is 0 Å². The highest BCUT2D eigenvalue weighted by atomic mass is 16.5. The van der Waals surface area contributed by atoms with Crippen molar-refractivity contribution >= 4 is 0 Å². The van der Waals surface area contributed by atoms with Crippen molar-refractivity contribution in [1.29, 1.82) is 0 Å². The van der Waals surface area contributed by atoms with Crippen LogP contribution in [0.3, 0.4) is 0 Å². The molecule has 2 aliphatic carbocycles. The predicted octanol–water partition coefficient (Wildman–Crippen LogP) is 2.59. The number of nitrogens with one attached hydrogen (secondary N) is 1. The maximum Gasteiger partial charge on any atom is 0.0965 e. The highest BCUT2D eigenvalue weighted by Gasteiger charge is 2.62. The SMILES string of the molecule is CNC1CCOCC1OC1CC2CCC1(C)C2(C)C. The van der Waals surface area contributed by atoms with Crippen molar-refractivity contribution in [3.63, 3.8) is 0 Å². The summed E-state index contributed by atoms with van der Waals surface area (Å²) >= 11 is 0. The van der Waals surface area contributed by atoms with E-state index in [1.807, 2.05) is 7.05 Å². The second-order valence-corrected chi connectivity index (χ2v) is 7.53. The van der Waals surface area contributed by atoms with Gasteiger partial charge in [-0.25, -0.2) is 0 Å². The maximum atomic E-state index is 6.54. The van der Waals surface area contributed by atoms with Crippen LogP contribution in [0, 0.1) is 16.7 Å². The van der Waals surface area contributed by atoms with Gasteiger partial charge >= 0.3 is 0 Å². The van der Waals surface area contributed by atoms with E-state index in [9.17, 15) is 0 Å². The highest BCUT2D eigenvalue weighted by Crippen LogP contribution is 2.66. The molecule has 0 aromatic rings. The Balaban J connectivity index is 1.71. The number of rotatable bonds is 3. The molecule has 0 radical (unpaired) electrons. The van der Waals surface area contributed by atoms with Crippen molar-refractivity contribution in [1.82, 2.24) is 5.32 Å². The molecule has 2 saturated carbocycles. The van der Waals surface area contributed by atoms with Crippen LogP contribution in [0.15, 0.2) is 0 Å². The van der Waals surface area contributed by atoms with Crippen LogP contribution >= 0.6 is 0 Å². The Hall–Kier alpha value is -0.120. The van der Waals surface area contributed by atoms with Gasteiger partial charge in [-0.3, -0.25) is 0 Å². The molecule has 1 aliphatic heterocycles. The van der Waals surface area contributed by atoms with Crippen LogP contribution < -0.4 is 5.32 Å². The van der Waals surface area contributed by atoms with Gasteiger partial charge in [-0.1, -0.05) is 20.8 Å². The van der Waals surface area contributed by atoms with Crippen molar-refractivity contribution < 1.29 is 9.47 Å². The molecule has 5 atom stereocenters. The molecule has 2 bridgehead atoms. The largest absolute Gasteiger partial charge is 0.379 e. The summed E-state index contributed by atoms with van der Waals surface area (Å²) in [5, 5.41) is 3.40. The molecule has 110 valence electrons. The minimum atomic E-state index is 0.232. The van der Waals surface area contributed by atoms with Crippen LogP contribution in [0.1, 0.15) is 46.5 Å². The van der Waals surface area contributed by atoms with Gasteiger partial charge in [-0.05, 0) is 49.5 Å². The fourth-order valence-electron chi connectivity index (χ4n) is 4.72. The average Bonchev–Trinajstić information content (AvgIpc) is 2.72. The summed E-state index contributed by atoms with van der Waals surface area (Å²) in [5.41, 5.74) is 0.787. The maximum absolute atomic E-state index is 6.54. The van der Waals surface area contributed by atoms with Crippen LogP contribution in [-0.4, -0.2) is 38.5 Å². The lowest BCUT2D eigenvalue weighted by molar-refractivity contribution is -0.137. The Morgan fingerprint density at radius 1 is 1.21 bits per heavy atom. The molecule has 0 amide bonds. The number of hydrogen-bond donors (Lipinski definition) is 1. The fraction of sp³-hybridized carbons (Fsp3) is 1.00. The van der Waals surface area contributed by atoms with Gasteiger partial charge in [0.25, 0.3) is 0 Å². The molecule has 3 rings (SSSR count). The smallest absolute Gasteiger partial charge is 0.0965 e. The molecule has 5 unspecified atom stereocenters. The van der Waals surface area contributed by atoms with Crippen molar-refractivity contribution in [3.05, 3.63) is 0 Å². The van der Waals surface area contributed by atoms with Crippen LogP contribution in [0.25, 0.3) is 0 Å². The van der Waals surface area contributed by atoms with E-state index in [0.29, 0.717) is 23.0 Å². The Kier molecular flexibility index (Phi) is 3.43. The second-order valence-electron chi connectivity index (χ2n) is 7.53. The molecule has 3 heteroatoms.